The fourth-order valence-corrected chi connectivity index (χ4v) is 4.83. The minimum Gasteiger partial charge on any atom is -0.206 e. The van der Waals surface area contributed by atoms with Gasteiger partial charge in [0, 0.05) is 11.1 Å². The molecule has 0 unspecified atom stereocenters. The molecule has 0 heterocycles. The number of allylic oxidation sites excluding steroid dienone is 2. The molecule has 2 aromatic carbocycles. The maximum absolute atomic E-state index is 14.9. The lowest BCUT2D eigenvalue weighted by atomic mass is 9.78. The predicted molar refractivity (Wildman–Crippen MR) is 124 cm³/mol. The van der Waals surface area contributed by atoms with E-state index in [9.17, 15) is 13.2 Å². The van der Waals surface area contributed by atoms with E-state index in [2.05, 4.69) is 19.1 Å². The molecule has 2 aromatic rings. The van der Waals surface area contributed by atoms with Crippen LogP contribution in [-0.2, 0) is 6.42 Å². The van der Waals surface area contributed by atoms with Gasteiger partial charge in [-0.05, 0) is 74.5 Å². The third-order valence-electron chi connectivity index (χ3n) is 6.70. The maximum atomic E-state index is 14.9. The van der Waals surface area contributed by atoms with Gasteiger partial charge in [0.2, 0.25) is 0 Å². The molecule has 0 saturated heterocycles. The zero-order valence-corrected chi connectivity index (χ0v) is 18.9. The molecule has 0 bridgehead atoms. The van der Waals surface area contributed by atoms with Gasteiger partial charge in [0.05, 0.1) is 0 Å². The number of aryl methyl sites for hydroxylation is 1. The van der Waals surface area contributed by atoms with Crippen molar-refractivity contribution in [3.8, 4) is 11.1 Å². The number of rotatable bonds is 9. The Labute approximate surface area is 185 Å². The minimum atomic E-state index is -0.940. The molecule has 0 aliphatic heterocycles. The first kappa shape index (κ1) is 23.6. The molecule has 0 N–H and O–H groups in total. The molecule has 168 valence electrons. The van der Waals surface area contributed by atoms with Gasteiger partial charge >= 0.3 is 0 Å². The van der Waals surface area contributed by atoms with Crippen molar-refractivity contribution in [2.45, 2.75) is 84.0 Å². The van der Waals surface area contributed by atoms with E-state index < -0.39 is 17.5 Å². The molecule has 0 amide bonds. The first-order valence-corrected chi connectivity index (χ1v) is 11.9. The zero-order chi connectivity index (χ0) is 22.2. The standard InChI is InChI=1S/C28H35F3/c1-3-5-6-7-8-10-22-15-18-25(28(31)27(22)30)24-17-16-23(19-26(24)29)21-13-11-20(9-4-2)12-14-21/h4,9,15-21H,3,5-8,10-14H2,1-2H3. The van der Waals surface area contributed by atoms with Crippen molar-refractivity contribution >= 4 is 0 Å². The summed E-state index contributed by atoms with van der Waals surface area (Å²) in [5, 5.41) is 0. The topological polar surface area (TPSA) is 0 Å². The molecule has 1 aliphatic carbocycles. The molecule has 0 nitrogen and oxygen atoms in total. The Bertz CT molecular complexity index is 876. The lowest BCUT2D eigenvalue weighted by Crippen LogP contribution is -2.12. The molecule has 0 spiro atoms. The summed E-state index contributed by atoms with van der Waals surface area (Å²) in [6, 6.07) is 8.17. The van der Waals surface area contributed by atoms with Crippen LogP contribution in [0.4, 0.5) is 13.2 Å². The molecule has 0 aromatic heterocycles. The van der Waals surface area contributed by atoms with E-state index in [1.807, 2.05) is 13.0 Å². The van der Waals surface area contributed by atoms with Gasteiger partial charge in [0.15, 0.2) is 11.6 Å². The summed E-state index contributed by atoms with van der Waals surface area (Å²) in [6.07, 6.45) is 14.5. The zero-order valence-electron chi connectivity index (χ0n) is 18.9. The average Bonchev–Trinajstić information content (AvgIpc) is 2.78. The van der Waals surface area contributed by atoms with Gasteiger partial charge < -0.3 is 0 Å². The van der Waals surface area contributed by atoms with E-state index in [0.29, 0.717) is 23.8 Å². The number of halogens is 3. The highest BCUT2D eigenvalue weighted by atomic mass is 19.2. The van der Waals surface area contributed by atoms with Gasteiger partial charge in [-0.2, -0.15) is 0 Å². The smallest absolute Gasteiger partial charge is 0.167 e. The number of benzene rings is 2. The monoisotopic (exact) mass is 428 g/mol. The molecule has 31 heavy (non-hydrogen) atoms. The second-order valence-corrected chi connectivity index (χ2v) is 8.94. The molecule has 1 saturated carbocycles. The number of hydrogen-bond acceptors (Lipinski definition) is 0. The third kappa shape index (κ3) is 6.02. The summed E-state index contributed by atoms with van der Waals surface area (Å²) in [5.41, 5.74) is 1.49. The van der Waals surface area contributed by atoms with E-state index in [1.54, 1.807) is 12.1 Å². The van der Waals surface area contributed by atoms with Crippen LogP contribution in [0.15, 0.2) is 42.5 Å². The summed E-state index contributed by atoms with van der Waals surface area (Å²) in [5.74, 6) is -1.30. The molecular formula is C28H35F3. The molecular weight excluding hydrogens is 393 g/mol. The first-order valence-electron chi connectivity index (χ1n) is 11.9. The van der Waals surface area contributed by atoms with E-state index in [1.165, 1.54) is 18.6 Å². The van der Waals surface area contributed by atoms with Crippen LogP contribution in [0.2, 0.25) is 0 Å². The predicted octanol–water partition coefficient (Wildman–Crippen LogP) is 9.13. The summed E-state index contributed by atoms with van der Waals surface area (Å²) >= 11 is 0. The van der Waals surface area contributed by atoms with Crippen molar-refractivity contribution in [2.75, 3.05) is 0 Å². The minimum absolute atomic E-state index is 0.00748. The van der Waals surface area contributed by atoms with Crippen molar-refractivity contribution in [3.63, 3.8) is 0 Å². The summed E-state index contributed by atoms with van der Waals surface area (Å²) in [7, 11) is 0. The van der Waals surface area contributed by atoms with Crippen molar-refractivity contribution in [1.82, 2.24) is 0 Å². The second kappa shape index (κ2) is 11.5. The van der Waals surface area contributed by atoms with Crippen LogP contribution < -0.4 is 0 Å². The lowest BCUT2D eigenvalue weighted by molar-refractivity contribution is 0.375. The normalized spacial score (nSPS) is 19.3. The van der Waals surface area contributed by atoms with Crippen LogP contribution in [0.5, 0.6) is 0 Å². The Hall–Kier alpha value is -2.03. The summed E-state index contributed by atoms with van der Waals surface area (Å²) in [4.78, 5) is 0. The summed E-state index contributed by atoms with van der Waals surface area (Å²) < 4.78 is 44.3. The Balaban J connectivity index is 1.70. The van der Waals surface area contributed by atoms with Crippen molar-refractivity contribution in [2.24, 2.45) is 5.92 Å². The van der Waals surface area contributed by atoms with E-state index in [4.69, 9.17) is 0 Å². The Morgan fingerprint density at radius 1 is 0.839 bits per heavy atom. The van der Waals surface area contributed by atoms with Crippen LogP contribution in [0.3, 0.4) is 0 Å². The van der Waals surface area contributed by atoms with Gasteiger partial charge in [-0.3, -0.25) is 0 Å². The highest BCUT2D eigenvalue weighted by Crippen LogP contribution is 2.38. The molecule has 3 heteroatoms. The fourth-order valence-electron chi connectivity index (χ4n) is 4.83. The van der Waals surface area contributed by atoms with E-state index in [-0.39, 0.29) is 11.1 Å². The van der Waals surface area contributed by atoms with Crippen molar-refractivity contribution in [3.05, 3.63) is 71.1 Å². The lowest BCUT2D eigenvalue weighted by Gasteiger charge is -2.27. The highest BCUT2D eigenvalue weighted by Gasteiger charge is 2.23. The van der Waals surface area contributed by atoms with Crippen LogP contribution in [0.1, 0.15) is 88.7 Å². The third-order valence-corrected chi connectivity index (χ3v) is 6.70. The number of hydrogen-bond donors (Lipinski definition) is 0. The Morgan fingerprint density at radius 2 is 1.55 bits per heavy atom. The maximum Gasteiger partial charge on any atom is 0.167 e. The fraction of sp³-hybridized carbons (Fsp3) is 0.500. The van der Waals surface area contributed by atoms with Gasteiger partial charge in [-0.1, -0.05) is 69.0 Å². The quantitative estimate of drug-likeness (QED) is 0.276. The van der Waals surface area contributed by atoms with Crippen molar-refractivity contribution in [1.29, 1.82) is 0 Å². The van der Waals surface area contributed by atoms with Crippen LogP contribution >= 0.6 is 0 Å². The Kier molecular flexibility index (Phi) is 8.80. The molecule has 1 aliphatic rings. The average molecular weight is 429 g/mol. The molecule has 3 rings (SSSR count). The molecule has 0 atom stereocenters. The van der Waals surface area contributed by atoms with Gasteiger partial charge in [0.25, 0.3) is 0 Å². The Morgan fingerprint density at radius 3 is 2.23 bits per heavy atom. The number of unbranched alkanes of at least 4 members (excludes halogenated alkanes) is 4. The van der Waals surface area contributed by atoms with Gasteiger partial charge in [0.1, 0.15) is 5.82 Å². The van der Waals surface area contributed by atoms with Crippen LogP contribution in [0, 0.1) is 23.4 Å². The summed E-state index contributed by atoms with van der Waals surface area (Å²) in [6.45, 7) is 4.19. The van der Waals surface area contributed by atoms with E-state index >= 15 is 0 Å². The van der Waals surface area contributed by atoms with Gasteiger partial charge in [-0.15, -0.1) is 0 Å². The van der Waals surface area contributed by atoms with Crippen LogP contribution in [0.25, 0.3) is 11.1 Å². The SMILES string of the molecule is CC=CC1CCC(c2ccc(-c3ccc(CCCCCCC)c(F)c3F)c(F)c2)CC1. The van der Waals surface area contributed by atoms with Crippen LogP contribution in [-0.4, -0.2) is 0 Å². The molecule has 1 fully saturated rings. The van der Waals surface area contributed by atoms with Crippen molar-refractivity contribution < 1.29 is 13.2 Å². The van der Waals surface area contributed by atoms with E-state index in [0.717, 1.165) is 56.9 Å². The first-order chi connectivity index (χ1) is 15.0. The highest BCUT2D eigenvalue weighted by molar-refractivity contribution is 5.66. The van der Waals surface area contributed by atoms with Gasteiger partial charge in [-0.25, -0.2) is 13.2 Å². The largest absolute Gasteiger partial charge is 0.206 e. The molecule has 0 radical (unpaired) electrons. The second-order valence-electron chi connectivity index (χ2n) is 8.94.